The molecule has 2 aromatic rings. The average Bonchev–Trinajstić information content (AvgIpc) is 2.78. The quantitative estimate of drug-likeness (QED) is 0.609. The molecule has 0 radical (unpaired) electrons. The van der Waals surface area contributed by atoms with Gasteiger partial charge in [-0.3, -0.25) is 5.32 Å². The second-order valence-electron chi connectivity index (χ2n) is 3.18. The van der Waals surface area contributed by atoms with Gasteiger partial charge in [0.2, 0.25) is 0 Å². The van der Waals surface area contributed by atoms with Crippen molar-refractivity contribution in [3.05, 3.63) is 36.0 Å². The Balaban J connectivity index is 0.00000180. The van der Waals surface area contributed by atoms with Gasteiger partial charge in [0, 0.05) is 17.2 Å². The number of aromatic carboxylic acids is 1. The molecule has 0 bridgehead atoms. The summed E-state index contributed by atoms with van der Waals surface area (Å²) in [6.07, 6.45) is 0. The van der Waals surface area contributed by atoms with Crippen molar-refractivity contribution < 1.29 is 44.3 Å². The van der Waals surface area contributed by atoms with E-state index in [4.69, 9.17) is 0 Å². The zero-order valence-corrected chi connectivity index (χ0v) is 12.7. The summed E-state index contributed by atoms with van der Waals surface area (Å²) < 4.78 is 3.43. The normalized spacial score (nSPS) is 9.26. The zero-order chi connectivity index (χ0) is 13.0. The van der Waals surface area contributed by atoms with Crippen LogP contribution in [0.5, 0.6) is 0 Å². The summed E-state index contributed by atoms with van der Waals surface area (Å²) in [6, 6.07) is 8.15. The Kier molecular flexibility index (Phi) is 5.90. The number of hydrogen-bond acceptors (Lipinski definition) is 6. The molecule has 1 heterocycles. The molecule has 7 nitrogen and oxygen atoms in total. The summed E-state index contributed by atoms with van der Waals surface area (Å²) in [6.45, 7) is 0. The SMILES string of the molecule is O=C(Nc1ccccc1)Nc1snnc1C(=O)[O-].[Na+]. The summed E-state index contributed by atoms with van der Waals surface area (Å²) in [7, 11) is 0. The number of anilines is 2. The first kappa shape index (κ1) is 15.6. The van der Waals surface area contributed by atoms with Gasteiger partial charge < -0.3 is 15.2 Å². The molecule has 1 aromatic carbocycles. The van der Waals surface area contributed by atoms with Crippen molar-refractivity contribution >= 4 is 34.2 Å². The summed E-state index contributed by atoms with van der Waals surface area (Å²) in [4.78, 5) is 22.2. The Bertz CT molecular complexity index is 575. The predicted molar refractivity (Wildman–Crippen MR) is 63.3 cm³/mol. The molecule has 92 valence electrons. The van der Waals surface area contributed by atoms with Gasteiger partial charge in [-0.2, -0.15) is 0 Å². The van der Waals surface area contributed by atoms with Gasteiger partial charge in [-0.15, -0.1) is 5.10 Å². The van der Waals surface area contributed by atoms with Crippen molar-refractivity contribution in [3.63, 3.8) is 0 Å². The van der Waals surface area contributed by atoms with E-state index in [1.54, 1.807) is 24.3 Å². The van der Waals surface area contributed by atoms with Crippen LogP contribution in [0.1, 0.15) is 10.5 Å². The molecule has 0 fully saturated rings. The number of amides is 2. The van der Waals surface area contributed by atoms with Crippen molar-refractivity contribution in [2.45, 2.75) is 0 Å². The van der Waals surface area contributed by atoms with Gasteiger partial charge in [-0.25, -0.2) is 4.79 Å². The molecule has 0 saturated carbocycles. The van der Waals surface area contributed by atoms with Crippen LogP contribution in [0.3, 0.4) is 0 Å². The van der Waals surface area contributed by atoms with Gasteiger partial charge in [0.25, 0.3) is 0 Å². The molecule has 0 unspecified atom stereocenters. The number of carboxylic acid groups (broad SMARTS) is 1. The number of carboxylic acids is 1. The van der Waals surface area contributed by atoms with Crippen LogP contribution >= 0.6 is 11.5 Å². The van der Waals surface area contributed by atoms with Crippen molar-refractivity contribution in [1.82, 2.24) is 9.59 Å². The third-order valence-corrected chi connectivity index (χ3v) is 2.58. The average molecular weight is 286 g/mol. The van der Waals surface area contributed by atoms with Gasteiger partial charge >= 0.3 is 35.6 Å². The molecule has 2 rings (SSSR count). The number of nitrogens with one attached hydrogen (secondary N) is 2. The van der Waals surface area contributed by atoms with Crippen molar-refractivity contribution in [1.29, 1.82) is 0 Å². The maximum atomic E-state index is 11.6. The Labute approximate surface area is 134 Å². The Morgan fingerprint density at radius 3 is 2.47 bits per heavy atom. The molecule has 0 aliphatic heterocycles. The van der Waals surface area contributed by atoms with E-state index < -0.39 is 12.0 Å². The second-order valence-corrected chi connectivity index (χ2v) is 3.94. The summed E-state index contributed by atoms with van der Waals surface area (Å²) in [5.74, 6) is -1.49. The van der Waals surface area contributed by atoms with Gasteiger partial charge in [-0.1, -0.05) is 22.7 Å². The molecule has 2 N–H and O–H groups in total. The van der Waals surface area contributed by atoms with Crippen LogP contribution in [-0.2, 0) is 0 Å². The van der Waals surface area contributed by atoms with Crippen molar-refractivity contribution in [2.75, 3.05) is 10.6 Å². The Morgan fingerprint density at radius 2 is 1.84 bits per heavy atom. The van der Waals surface area contributed by atoms with E-state index >= 15 is 0 Å². The van der Waals surface area contributed by atoms with Crippen LogP contribution < -0.4 is 45.3 Å². The largest absolute Gasteiger partial charge is 1.00 e. The second kappa shape index (κ2) is 7.19. The summed E-state index contributed by atoms with van der Waals surface area (Å²) >= 11 is 0.763. The smallest absolute Gasteiger partial charge is 0.543 e. The third-order valence-electron chi connectivity index (χ3n) is 1.94. The predicted octanol–water partition coefficient (Wildman–Crippen LogP) is -2.45. The first-order valence-electron chi connectivity index (χ1n) is 4.83. The Hall–Kier alpha value is -1.48. The van der Waals surface area contributed by atoms with E-state index in [1.807, 2.05) is 6.07 Å². The third kappa shape index (κ3) is 4.28. The van der Waals surface area contributed by atoms with Gasteiger partial charge in [-0.05, 0) is 12.1 Å². The first-order chi connectivity index (χ1) is 8.66. The van der Waals surface area contributed by atoms with Gasteiger partial charge in [0.15, 0.2) is 0 Å². The minimum Gasteiger partial charge on any atom is -0.543 e. The van der Waals surface area contributed by atoms with E-state index in [9.17, 15) is 14.7 Å². The molecule has 19 heavy (non-hydrogen) atoms. The van der Waals surface area contributed by atoms with Crippen LogP contribution in [0.2, 0.25) is 0 Å². The molecular weight excluding hydrogens is 279 g/mol. The van der Waals surface area contributed by atoms with Crippen molar-refractivity contribution in [2.24, 2.45) is 0 Å². The Morgan fingerprint density at radius 1 is 1.16 bits per heavy atom. The molecule has 0 aliphatic carbocycles. The molecule has 0 spiro atoms. The molecular formula is C10H7N4NaO3S. The van der Waals surface area contributed by atoms with E-state index in [1.165, 1.54) is 0 Å². The molecule has 0 atom stereocenters. The zero-order valence-electron chi connectivity index (χ0n) is 9.91. The van der Waals surface area contributed by atoms with E-state index in [2.05, 4.69) is 20.2 Å². The maximum absolute atomic E-state index is 11.6. The minimum atomic E-state index is -1.49. The number of carbonyl (C=O) groups excluding carboxylic acids is 2. The van der Waals surface area contributed by atoms with Crippen LogP contribution in [0.15, 0.2) is 30.3 Å². The van der Waals surface area contributed by atoms with Crippen LogP contribution in [0.4, 0.5) is 15.5 Å². The first-order valence-corrected chi connectivity index (χ1v) is 5.61. The standard InChI is InChI=1S/C10H8N4O3S.Na/c15-9(16)7-8(18-14-13-7)12-10(17)11-6-4-2-1-3-5-6;/h1-5H,(H,15,16)(H2,11,12,17);/q;+1/p-1. The molecule has 0 aliphatic rings. The number of carbonyl (C=O) groups is 2. The maximum Gasteiger partial charge on any atom is 1.00 e. The molecule has 1 aromatic heterocycles. The number of urea groups is 1. The molecule has 9 heteroatoms. The summed E-state index contributed by atoms with van der Waals surface area (Å²) in [5, 5.41) is 18.9. The summed E-state index contributed by atoms with van der Waals surface area (Å²) in [5.41, 5.74) is 0.200. The van der Waals surface area contributed by atoms with Crippen LogP contribution in [-0.4, -0.2) is 21.6 Å². The topological polar surface area (TPSA) is 107 Å². The monoisotopic (exact) mass is 286 g/mol. The number of aromatic nitrogens is 2. The number of nitrogens with zero attached hydrogens (tertiary/aromatic N) is 2. The van der Waals surface area contributed by atoms with E-state index in [0.717, 1.165) is 11.5 Å². The number of benzene rings is 1. The molecule has 0 saturated heterocycles. The van der Waals surface area contributed by atoms with Gasteiger partial charge in [0.05, 0.1) is 5.97 Å². The van der Waals surface area contributed by atoms with Gasteiger partial charge in [0.1, 0.15) is 10.7 Å². The van der Waals surface area contributed by atoms with Crippen LogP contribution in [0.25, 0.3) is 0 Å². The van der Waals surface area contributed by atoms with Crippen LogP contribution in [0, 0.1) is 0 Å². The fourth-order valence-corrected chi connectivity index (χ4v) is 1.75. The number of hydrogen-bond donors (Lipinski definition) is 2. The van der Waals surface area contributed by atoms with Crippen molar-refractivity contribution in [3.8, 4) is 0 Å². The number of rotatable bonds is 3. The molecule has 2 amide bonds. The van der Waals surface area contributed by atoms with E-state index in [-0.39, 0.29) is 40.3 Å². The fraction of sp³-hybridized carbons (Fsp3) is 0. The van der Waals surface area contributed by atoms with E-state index in [0.29, 0.717) is 5.69 Å². The number of para-hydroxylation sites is 1. The fourth-order valence-electron chi connectivity index (χ4n) is 1.19. The minimum absolute atomic E-state index is 0.